The van der Waals surface area contributed by atoms with Crippen LogP contribution in [0.15, 0.2) is 0 Å². The third kappa shape index (κ3) is 11.1. The molecule has 0 saturated carbocycles. The fourth-order valence-electron chi connectivity index (χ4n) is 2.19. The van der Waals surface area contributed by atoms with Crippen LogP contribution in [0.1, 0.15) is 41.5 Å². The molecule has 156 valence electrons. The van der Waals surface area contributed by atoms with E-state index in [4.69, 9.17) is 18.9 Å². The van der Waals surface area contributed by atoms with Crippen molar-refractivity contribution >= 4 is 47.4 Å². The van der Waals surface area contributed by atoms with Gasteiger partial charge in [-0.05, 0) is 11.5 Å². The zero-order valence-electron chi connectivity index (χ0n) is 16.5. The summed E-state index contributed by atoms with van der Waals surface area (Å²) in [5.74, 6) is -0.980. The van der Waals surface area contributed by atoms with Crippen molar-refractivity contribution in [2.45, 2.75) is 64.4 Å². The molecule has 0 aliphatic heterocycles. The summed E-state index contributed by atoms with van der Waals surface area (Å²) in [5, 5.41) is 0. The number of carbonyl (C=O) groups is 4. The lowest BCUT2D eigenvalue weighted by molar-refractivity contribution is -0.187. The van der Waals surface area contributed by atoms with Crippen molar-refractivity contribution in [2.75, 3.05) is 18.1 Å². The fraction of sp³-hybridized carbons (Fsp3) is 0.765. The minimum atomic E-state index is -1.13. The highest BCUT2D eigenvalue weighted by Crippen LogP contribution is 2.32. The molecule has 0 fully saturated rings. The summed E-state index contributed by atoms with van der Waals surface area (Å²) in [6.45, 7) is 8.40. The maximum absolute atomic E-state index is 11.7. The molecule has 0 aromatic carbocycles. The van der Waals surface area contributed by atoms with E-state index < -0.39 is 42.2 Å². The van der Waals surface area contributed by atoms with Crippen molar-refractivity contribution in [2.24, 2.45) is 0 Å². The van der Waals surface area contributed by atoms with Crippen molar-refractivity contribution in [1.29, 1.82) is 0 Å². The second kappa shape index (κ2) is 13.7. The highest BCUT2D eigenvalue weighted by molar-refractivity contribution is 8.17. The van der Waals surface area contributed by atoms with Crippen LogP contribution in [0.25, 0.3) is 0 Å². The van der Waals surface area contributed by atoms with E-state index in [2.05, 4.69) is 0 Å². The number of hydrogen-bond donors (Lipinski definition) is 0. The van der Waals surface area contributed by atoms with Crippen molar-refractivity contribution in [3.8, 4) is 0 Å². The van der Waals surface area contributed by atoms with Gasteiger partial charge in [-0.15, -0.1) is 23.5 Å². The molecule has 0 aromatic heterocycles. The smallest absolute Gasteiger partial charge is 0.303 e. The summed E-state index contributed by atoms with van der Waals surface area (Å²) in [7, 11) is 0. The predicted octanol–water partition coefficient (Wildman–Crippen LogP) is 2.18. The molecule has 0 aliphatic rings. The maximum atomic E-state index is 11.7. The Morgan fingerprint density at radius 3 is 1.52 bits per heavy atom. The Bertz CT molecular complexity index is 505. The van der Waals surface area contributed by atoms with Gasteiger partial charge in [-0.2, -0.15) is 0 Å². The van der Waals surface area contributed by atoms with Gasteiger partial charge < -0.3 is 18.9 Å². The number of thioether (sulfide) groups is 2. The van der Waals surface area contributed by atoms with E-state index in [-0.39, 0.29) is 11.2 Å². The molecule has 0 amide bonds. The van der Waals surface area contributed by atoms with Gasteiger partial charge >= 0.3 is 23.9 Å². The molecule has 27 heavy (non-hydrogen) atoms. The number of hydrogen-bond acceptors (Lipinski definition) is 10. The van der Waals surface area contributed by atoms with Crippen LogP contribution in [0.5, 0.6) is 0 Å². The molecule has 0 aromatic rings. The van der Waals surface area contributed by atoms with Gasteiger partial charge in [0.1, 0.15) is 6.61 Å². The summed E-state index contributed by atoms with van der Waals surface area (Å²) in [5.41, 5.74) is 0. The Balaban J connectivity index is 5.92. The van der Waals surface area contributed by atoms with Gasteiger partial charge in [0.25, 0.3) is 0 Å². The first-order valence-electron chi connectivity index (χ1n) is 8.50. The first-order valence-corrected chi connectivity index (χ1v) is 10.6. The quantitative estimate of drug-likeness (QED) is 0.263. The van der Waals surface area contributed by atoms with Gasteiger partial charge in [0, 0.05) is 27.7 Å². The third-order valence-corrected chi connectivity index (χ3v) is 5.67. The highest BCUT2D eigenvalue weighted by Gasteiger charge is 2.42. The van der Waals surface area contributed by atoms with Gasteiger partial charge in [0.05, 0.1) is 4.58 Å². The largest absolute Gasteiger partial charge is 0.462 e. The first-order chi connectivity index (χ1) is 12.6. The van der Waals surface area contributed by atoms with Crippen LogP contribution in [0.4, 0.5) is 0 Å². The van der Waals surface area contributed by atoms with Crippen LogP contribution in [-0.4, -0.2) is 64.9 Å². The van der Waals surface area contributed by atoms with Gasteiger partial charge in [0.15, 0.2) is 18.3 Å². The van der Waals surface area contributed by atoms with Crippen LogP contribution in [0.3, 0.4) is 0 Å². The van der Waals surface area contributed by atoms with Crippen LogP contribution < -0.4 is 0 Å². The molecule has 0 unspecified atom stereocenters. The Kier molecular flexibility index (Phi) is 13.0. The molecule has 0 radical (unpaired) electrons. The van der Waals surface area contributed by atoms with E-state index >= 15 is 0 Å². The Hall–Kier alpha value is -1.42. The lowest BCUT2D eigenvalue weighted by Crippen LogP contribution is -2.50. The second-order valence-electron chi connectivity index (χ2n) is 5.38. The van der Waals surface area contributed by atoms with Crippen LogP contribution in [-0.2, 0) is 38.1 Å². The van der Waals surface area contributed by atoms with Gasteiger partial charge in [-0.3, -0.25) is 19.2 Å². The zero-order valence-corrected chi connectivity index (χ0v) is 18.1. The van der Waals surface area contributed by atoms with Crippen LogP contribution in [0, 0.1) is 0 Å². The molecule has 0 heterocycles. The van der Waals surface area contributed by atoms with Crippen LogP contribution >= 0.6 is 23.5 Å². The van der Waals surface area contributed by atoms with E-state index in [1.54, 1.807) is 0 Å². The molecular formula is C17H28O8S2. The van der Waals surface area contributed by atoms with E-state index in [0.29, 0.717) is 0 Å². The minimum Gasteiger partial charge on any atom is -0.462 e. The number of esters is 4. The topological polar surface area (TPSA) is 105 Å². The molecule has 0 spiro atoms. The summed E-state index contributed by atoms with van der Waals surface area (Å²) < 4.78 is 20.7. The number of ether oxygens (including phenoxy) is 4. The Labute approximate surface area is 168 Å². The molecule has 0 aliphatic carbocycles. The molecular weight excluding hydrogens is 396 g/mol. The second-order valence-corrected chi connectivity index (χ2v) is 8.51. The lowest BCUT2D eigenvalue weighted by atomic mass is 10.1. The van der Waals surface area contributed by atoms with E-state index in [0.717, 1.165) is 11.5 Å². The maximum Gasteiger partial charge on any atom is 0.303 e. The Morgan fingerprint density at radius 1 is 0.704 bits per heavy atom. The monoisotopic (exact) mass is 424 g/mol. The summed E-state index contributed by atoms with van der Waals surface area (Å²) in [6, 6.07) is 0. The average molecular weight is 425 g/mol. The van der Waals surface area contributed by atoms with Crippen LogP contribution in [0.2, 0.25) is 0 Å². The van der Waals surface area contributed by atoms with E-state index in [1.165, 1.54) is 51.2 Å². The molecule has 0 bridgehead atoms. The Morgan fingerprint density at radius 2 is 1.15 bits per heavy atom. The normalized spacial score (nSPS) is 14.0. The standard InChI is InChI=1S/C17H28O8S2/c1-7-26-17(27-8-2)16(25-13(6)21)15(24-12(5)20)14(23-11(4)19)9-22-10(3)18/h14-17H,7-9H2,1-6H3/t14-,15+,16-/m0/s1. The molecule has 8 nitrogen and oxygen atoms in total. The number of carbonyl (C=O) groups excluding carboxylic acids is 4. The van der Waals surface area contributed by atoms with E-state index in [1.807, 2.05) is 13.8 Å². The fourth-order valence-corrected chi connectivity index (χ4v) is 4.85. The van der Waals surface area contributed by atoms with Gasteiger partial charge in [0.2, 0.25) is 0 Å². The van der Waals surface area contributed by atoms with Gasteiger partial charge in [-0.1, -0.05) is 13.8 Å². The van der Waals surface area contributed by atoms with Crippen molar-refractivity contribution in [1.82, 2.24) is 0 Å². The molecule has 0 N–H and O–H groups in total. The summed E-state index contributed by atoms with van der Waals surface area (Å²) >= 11 is 3.03. The number of rotatable bonds is 12. The van der Waals surface area contributed by atoms with E-state index in [9.17, 15) is 19.2 Å². The average Bonchev–Trinajstić information content (AvgIpc) is 2.53. The molecule has 0 saturated heterocycles. The SMILES string of the molecule is CCSC(SCC)[C@@H](OC(C)=O)[C@H](OC(C)=O)[C@H](COC(C)=O)OC(C)=O. The minimum absolute atomic E-state index is 0.274. The summed E-state index contributed by atoms with van der Waals surface area (Å²) in [6.07, 6.45) is -3.14. The predicted molar refractivity (Wildman–Crippen MR) is 103 cm³/mol. The molecule has 0 rings (SSSR count). The summed E-state index contributed by atoms with van der Waals surface area (Å²) in [4.78, 5) is 46.1. The molecule has 3 atom stereocenters. The first kappa shape index (κ1) is 25.6. The molecule has 10 heteroatoms. The van der Waals surface area contributed by atoms with Gasteiger partial charge in [-0.25, -0.2) is 0 Å². The lowest BCUT2D eigenvalue weighted by Gasteiger charge is -2.35. The van der Waals surface area contributed by atoms with Crippen molar-refractivity contribution in [3.63, 3.8) is 0 Å². The third-order valence-electron chi connectivity index (χ3n) is 2.99. The van der Waals surface area contributed by atoms with Crippen molar-refractivity contribution < 1.29 is 38.1 Å². The van der Waals surface area contributed by atoms with Crippen molar-refractivity contribution in [3.05, 3.63) is 0 Å². The zero-order chi connectivity index (χ0) is 21.0. The highest BCUT2D eigenvalue weighted by atomic mass is 32.2.